The molecule has 15 heavy (non-hydrogen) atoms. The van der Waals surface area contributed by atoms with Gasteiger partial charge >= 0.3 is 0 Å². The second-order valence-corrected chi connectivity index (χ2v) is 3.36. The van der Waals surface area contributed by atoms with E-state index in [4.69, 9.17) is 9.68 Å². The fraction of sp³-hybridized carbons (Fsp3) is 0.167. The molecule has 0 amide bonds. The highest BCUT2D eigenvalue weighted by molar-refractivity contribution is 5.67. The third-order valence-corrected chi connectivity index (χ3v) is 2.23. The minimum atomic E-state index is 0.579. The highest BCUT2D eigenvalue weighted by Gasteiger charge is 2.11. The van der Waals surface area contributed by atoms with E-state index in [1.165, 1.54) is 0 Å². The number of aromatic nitrogens is 1. The summed E-state index contributed by atoms with van der Waals surface area (Å²) in [7, 11) is 0. The second kappa shape index (κ2) is 3.58. The van der Waals surface area contributed by atoms with Crippen LogP contribution in [0.5, 0.6) is 0 Å². The van der Waals surface area contributed by atoms with E-state index in [0.717, 1.165) is 17.0 Å². The summed E-state index contributed by atoms with van der Waals surface area (Å²) in [5.74, 6) is 0.708. The molecule has 3 heteroatoms. The van der Waals surface area contributed by atoms with Crippen molar-refractivity contribution < 1.29 is 4.42 Å². The topological polar surface area (TPSA) is 49.8 Å². The summed E-state index contributed by atoms with van der Waals surface area (Å²) in [4.78, 5) is 4.25. The molecule has 0 spiro atoms. The Labute approximate surface area is 88.0 Å². The van der Waals surface area contributed by atoms with Crippen molar-refractivity contribution in [2.45, 2.75) is 13.8 Å². The van der Waals surface area contributed by atoms with E-state index in [1.807, 2.05) is 32.0 Å². The molecule has 0 N–H and O–H groups in total. The number of nitriles is 1. The summed E-state index contributed by atoms with van der Waals surface area (Å²) in [5.41, 5.74) is 3.02. The van der Waals surface area contributed by atoms with Crippen LogP contribution in [0.3, 0.4) is 0 Å². The Bertz CT molecular complexity index is 521. The molecule has 0 saturated heterocycles. The molecule has 0 radical (unpaired) electrons. The van der Waals surface area contributed by atoms with Gasteiger partial charge in [0.1, 0.15) is 11.8 Å². The summed E-state index contributed by atoms with van der Waals surface area (Å²) >= 11 is 0. The minimum absolute atomic E-state index is 0.579. The predicted molar refractivity (Wildman–Crippen MR) is 56.1 cm³/mol. The average Bonchev–Trinajstić information content (AvgIpc) is 2.69. The minimum Gasteiger partial charge on any atom is -0.464 e. The zero-order valence-corrected chi connectivity index (χ0v) is 8.61. The van der Waals surface area contributed by atoms with Gasteiger partial charge < -0.3 is 4.42 Å². The zero-order valence-electron chi connectivity index (χ0n) is 8.61. The first-order valence-corrected chi connectivity index (χ1v) is 4.64. The summed E-state index contributed by atoms with van der Waals surface area (Å²) in [6, 6.07) is 7.67. The van der Waals surface area contributed by atoms with E-state index >= 15 is 0 Å². The fourth-order valence-corrected chi connectivity index (χ4v) is 1.60. The van der Waals surface area contributed by atoms with Gasteiger partial charge in [0.05, 0.1) is 17.5 Å². The van der Waals surface area contributed by atoms with Gasteiger partial charge in [0.25, 0.3) is 0 Å². The molecule has 2 aromatic heterocycles. The number of hydrogen-bond donors (Lipinski definition) is 0. The van der Waals surface area contributed by atoms with Crippen LogP contribution in [0.1, 0.15) is 17.0 Å². The molecule has 3 nitrogen and oxygen atoms in total. The molecule has 2 rings (SSSR count). The highest BCUT2D eigenvalue weighted by Crippen LogP contribution is 2.25. The summed E-state index contributed by atoms with van der Waals surface area (Å²) < 4.78 is 5.29. The summed E-state index contributed by atoms with van der Waals surface area (Å²) in [6.45, 7) is 3.73. The molecular weight excluding hydrogens is 188 g/mol. The Morgan fingerprint density at radius 2 is 2.20 bits per heavy atom. The molecule has 0 aliphatic heterocycles. The maximum absolute atomic E-state index is 9.06. The largest absolute Gasteiger partial charge is 0.464 e. The van der Waals surface area contributed by atoms with Crippen LogP contribution in [0.4, 0.5) is 0 Å². The molecule has 0 saturated carbocycles. The first-order valence-electron chi connectivity index (χ1n) is 4.64. The lowest BCUT2D eigenvalue weighted by atomic mass is 10.0. The smallest absolute Gasteiger partial charge is 0.135 e. The Morgan fingerprint density at radius 3 is 2.80 bits per heavy atom. The number of hydrogen-bond acceptors (Lipinski definition) is 3. The van der Waals surface area contributed by atoms with Gasteiger partial charge in [-0.3, -0.25) is 4.98 Å². The van der Waals surface area contributed by atoms with Crippen LogP contribution in [0, 0.1) is 25.2 Å². The van der Waals surface area contributed by atoms with Crippen molar-refractivity contribution in [2.75, 3.05) is 0 Å². The van der Waals surface area contributed by atoms with Gasteiger partial charge in [0.15, 0.2) is 0 Å². The molecule has 0 aromatic carbocycles. The Kier molecular flexibility index (Phi) is 2.26. The molecule has 0 aliphatic rings. The Balaban J connectivity index is 2.71. The van der Waals surface area contributed by atoms with Crippen molar-refractivity contribution in [2.24, 2.45) is 0 Å². The van der Waals surface area contributed by atoms with E-state index in [1.54, 1.807) is 6.26 Å². The summed E-state index contributed by atoms with van der Waals surface area (Å²) in [6.07, 6.45) is 1.60. The van der Waals surface area contributed by atoms with Crippen molar-refractivity contribution in [3.63, 3.8) is 0 Å². The summed E-state index contributed by atoms with van der Waals surface area (Å²) in [5, 5.41) is 9.06. The fourth-order valence-electron chi connectivity index (χ4n) is 1.60. The molecule has 0 aliphatic carbocycles. The number of furan rings is 1. The quantitative estimate of drug-likeness (QED) is 0.707. The second-order valence-electron chi connectivity index (χ2n) is 3.36. The van der Waals surface area contributed by atoms with Crippen LogP contribution < -0.4 is 0 Å². The van der Waals surface area contributed by atoms with Gasteiger partial charge in [-0.2, -0.15) is 5.26 Å². The van der Waals surface area contributed by atoms with Crippen LogP contribution >= 0.6 is 0 Å². The Hall–Kier alpha value is -2.08. The number of aryl methyl sites for hydroxylation is 2. The third kappa shape index (κ3) is 1.62. The van der Waals surface area contributed by atoms with Crippen molar-refractivity contribution >= 4 is 0 Å². The molecule has 2 aromatic rings. The van der Waals surface area contributed by atoms with Crippen LogP contribution in [0.25, 0.3) is 11.3 Å². The molecule has 0 atom stereocenters. The van der Waals surface area contributed by atoms with Gasteiger partial charge in [-0.15, -0.1) is 0 Å². The van der Waals surface area contributed by atoms with Crippen molar-refractivity contribution in [3.8, 4) is 17.4 Å². The van der Waals surface area contributed by atoms with Gasteiger partial charge in [-0.25, -0.2) is 0 Å². The standard InChI is InChI=1S/C12H10N2O/c1-8-6-10(12-4-3-5-15-12)11(7-13)9(2)14-8/h3-6H,1-2H3. The molecule has 2 heterocycles. The van der Waals surface area contributed by atoms with Crippen LogP contribution in [0.2, 0.25) is 0 Å². The zero-order chi connectivity index (χ0) is 10.8. The van der Waals surface area contributed by atoms with Gasteiger partial charge in [-0.05, 0) is 32.0 Å². The molecular formula is C12H10N2O. The van der Waals surface area contributed by atoms with Gasteiger partial charge in [0, 0.05) is 11.3 Å². The lowest BCUT2D eigenvalue weighted by molar-refractivity contribution is 0.582. The van der Waals surface area contributed by atoms with Crippen molar-refractivity contribution in [1.29, 1.82) is 5.26 Å². The molecule has 0 fully saturated rings. The Morgan fingerprint density at radius 1 is 1.40 bits per heavy atom. The normalized spacial score (nSPS) is 9.93. The van der Waals surface area contributed by atoms with E-state index < -0.39 is 0 Å². The first-order chi connectivity index (χ1) is 7.22. The van der Waals surface area contributed by atoms with E-state index in [-0.39, 0.29) is 0 Å². The van der Waals surface area contributed by atoms with Crippen molar-refractivity contribution in [3.05, 3.63) is 41.4 Å². The lowest BCUT2D eigenvalue weighted by Gasteiger charge is -2.04. The van der Waals surface area contributed by atoms with E-state index in [0.29, 0.717) is 11.3 Å². The predicted octanol–water partition coefficient (Wildman–Crippen LogP) is 2.83. The van der Waals surface area contributed by atoms with Gasteiger partial charge in [0.2, 0.25) is 0 Å². The third-order valence-electron chi connectivity index (χ3n) is 2.23. The van der Waals surface area contributed by atoms with Crippen molar-refractivity contribution in [1.82, 2.24) is 4.98 Å². The highest BCUT2D eigenvalue weighted by atomic mass is 16.3. The SMILES string of the molecule is Cc1cc(-c2ccco2)c(C#N)c(C)n1. The number of rotatable bonds is 1. The van der Waals surface area contributed by atoms with E-state index in [9.17, 15) is 0 Å². The number of nitrogens with zero attached hydrogens (tertiary/aromatic N) is 2. The monoisotopic (exact) mass is 198 g/mol. The molecule has 0 unspecified atom stereocenters. The first kappa shape index (κ1) is 9.47. The van der Waals surface area contributed by atoms with Crippen LogP contribution in [-0.4, -0.2) is 4.98 Å². The lowest BCUT2D eigenvalue weighted by Crippen LogP contribution is -1.94. The maximum Gasteiger partial charge on any atom is 0.135 e. The maximum atomic E-state index is 9.06. The molecule has 0 bridgehead atoms. The molecule has 74 valence electrons. The van der Waals surface area contributed by atoms with Crippen LogP contribution in [-0.2, 0) is 0 Å². The van der Waals surface area contributed by atoms with E-state index in [2.05, 4.69) is 11.1 Å². The van der Waals surface area contributed by atoms with Gasteiger partial charge in [-0.1, -0.05) is 0 Å². The van der Waals surface area contributed by atoms with Crippen LogP contribution in [0.15, 0.2) is 28.9 Å². The number of pyridine rings is 1. The average molecular weight is 198 g/mol.